The quantitative estimate of drug-likeness (QED) is 0.291. The fourth-order valence-electron chi connectivity index (χ4n) is 4.28. The van der Waals surface area contributed by atoms with E-state index in [-0.39, 0.29) is 11.3 Å². The Balaban J connectivity index is 2.10. The van der Waals surface area contributed by atoms with Gasteiger partial charge in [0.25, 0.3) is 11.7 Å². The largest absolute Gasteiger partial charge is 0.507 e. The standard InChI is InChI=1S/C26H30Cl2N2O3/c1-5-29(6-2)12-7-13-30-23(18-10-11-20(27)21(28)15-18)22(25(32)26(30)33)24(31)19-14-16(3)8-9-17(19)4/h8-11,14-15,23,31H,5-7,12-13H2,1-4H3. The lowest BCUT2D eigenvalue weighted by atomic mass is 9.93. The summed E-state index contributed by atoms with van der Waals surface area (Å²) in [7, 11) is 0. The van der Waals surface area contributed by atoms with E-state index in [1.165, 1.54) is 0 Å². The second-order valence-electron chi connectivity index (χ2n) is 8.36. The molecule has 0 radical (unpaired) electrons. The number of carbonyl (C=O) groups excluding carboxylic acids is 2. The number of aliphatic hydroxyl groups excluding tert-OH is 1. The van der Waals surface area contributed by atoms with E-state index in [0.717, 1.165) is 30.8 Å². The van der Waals surface area contributed by atoms with Crippen LogP contribution in [0.4, 0.5) is 0 Å². The van der Waals surface area contributed by atoms with Gasteiger partial charge < -0.3 is 14.9 Å². The molecule has 1 aliphatic rings. The first-order valence-electron chi connectivity index (χ1n) is 11.2. The van der Waals surface area contributed by atoms with Crippen molar-refractivity contribution in [3.8, 4) is 0 Å². The number of hydrogen-bond donors (Lipinski definition) is 1. The molecule has 1 N–H and O–H groups in total. The van der Waals surface area contributed by atoms with E-state index in [2.05, 4.69) is 18.7 Å². The van der Waals surface area contributed by atoms with Crippen LogP contribution in [0.1, 0.15) is 48.6 Å². The third-order valence-electron chi connectivity index (χ3n) is 6.22. The minimum absolute atomic E-state index is 0.0786. The number of carbonyl (C=O) groups is 2. The SMILES string of the molecule is CCN(CC)CCCN1C(=O)C(=O)C(=C(O)c2cc(C)ccc2C)C1c1ccc(Cl)c(Cl)c1. The van der Waals surface area contributed by atoms with Gasteiger partial charge in [0.1, 0.15) is 5.76 Å². The molecule has 0 aromatic heterocycles. The van der Waals surface area contributed by atoms with Crippen LogP contribution in [0.15, 0.2) is 42.0 Å². The maximum Gasteiger partial charge on any atom is 0.295 e. The minimum atomic E-state index is -0.739. The van der Waals surface area contributed by atoms with Gasteiger partial charge in [0.2, 0.25) is 0 Å². The molecule has 0 spiro atoms. The molecule has 1 unspecified atom stereocenters. The molecule has 1 aliphatic heterocycles. The van der Waals surface area contributed by atoms with E-state index in [1.807, 2.05) is 32.0 Å². The highest BCUT2D eigenvalue weighted by molar-refractivity contribution is 6.47. The van der Waals surface area contributed by atoms with E-state index >= 15 is 0 Å². The molecule has 0 aliphatic carbocycles. The molecule has 2 aromatic carbocycles. The van der Waals surface area contributed by atoms with E-state index < -0.39 is 17.7 Å². The van der Waals surface area contributed by atoms with Crippen molar-refractivity contribution >= 4 is 40.7 Å². The van der Waals surface area contributed by atoms with Crippen LogP contribution in [0.3, 0.4) is 0 Å². The molecule has 1 amide bonds. The molecule has 2 aromatic rings. The van der Waals surface area contributed by atoms with Crippen LogP contribution in [0.5, 0.6) is 0 Å². The number of aliphatic hydroxyl groups is 1. The molecule has 0 saturated carbocycles. The first kappa shape index (κ1) is 25.3. The second kappa shape index (κ2) is 10.7. The van der Waals surface area contributed by atoms with Crippen LogP contribution < -0.4 is 0 Å². The summed E-state index contributed by atoms with van der Waals surface area (Å²) in [5, 5.41) is 12.0. The van der Waals surface area contributed by atoms with Crippen molar-refractivity contribution in [2.75, 3.05) is 26.2 Å². The smallest absolute Gasteiger partial charge is 0.295 e. The van der Waals surface area contributed by atoms with Crippen LogP contribution in [0, 0.1) is 13.8 Å². The van der Waals surface area contributed by atoms with Gasteiger partial charge >= 0.3 is 0 Å². The summed E-state index contributed by atoms with van der Waals surface area (Å²) in [6, 6.07) is 9.97. The lowest BCUT2D eigenvalue weighted by molar-refractivity contribution is -0.140. The van der Waals surface area contributed by atoms with Crippen molar-refractivity contribution in [1.82, 2.24) is 9.80 Å². The Morgan fingerprint density at radius 3 is 2.36 bits per heavy atom. The number of hydrogen-bond acceptors (Lipinski definition) is 4. The Morgan fingerprint density at radius 1 is 1.03 bits per heavy atom. The first-order chi connectivity index (χ1) is 15.7. The lowest BCUT2D eigenvalue weighted by Gasteiger charge is -2.27. The number of halogens is 2. The summed E-state index contributed by atoms with van der Waals surface area (Å²) in [5.74, 6) is -1.47. The van der Waals surface area contributed by atoms with Crippen LogP contribution in [0.2, 0.25) is 10.0 Å². The van der Waals surface area contributed by atoms with Crippen molar-refractivity contribution in [2.45, 2.75) is 40.2 Å². The summed E-state index contributed by atoms with van der Waals surface area (Å²) in [5.41, 5.74) is 3.02. The van der Waals surface area contributed by atoms with E-state index in [4.69, 9.17) is 23.2 Å². The molecule has 3 rings (SSSR count). The predicted molar refractivity (Wildman–Crippen MR) is 134 cm³/mol. The highest BCUT2D eigenvalue weighted by Crippen LogP contribution is 2.41. The highest BCUT2D eigenvalue weighted by atomic mass is 35.5. The molecule has 1 atom stereocenters. The third kappa shape index (κ3) is 5.26. The van der Waals surface area contributed by atoms with Gasteiger partial charge in [0, 0.05) is 12.1 Å². The van der Waals surface area contributed by atoms with Crippen LogP contribution in [-0.2, 0) is 9.59 Å². The number of ketones is 1. The van der Waals surface area contributed by atoms with Gasteiger partial charge in [0.05, 0.1) is 21.7 Å². The molecule has 33 heavy (non-hydrogen) atoms. The fourth-order valence-corrected chi connectivity index (χ4v) is 4.59. The average Bonchev–Trinajstić information content (AvgIpc) is 3.04. The van der Waals surface area contributed by atoms with Crippen molar-refractivity contribution in [1.29, 1.82) is 0 Å². The van der Waals surface area contributed by atoms with Gasteiger partial charge in [-0.25, -0.2) is 0 Å². The zero-order valence-corrected chi connectivity index (χ0v) is 21.0. The summed E-state index contributed by atoms with van der Waals surface area (Å²) in [4.78, 5) is 30.1. The Labute approximate surface area is 205 Å². The zero-order valence-electron chi connectivity index (χ0n) is 19.5. The number of amides is 1. The maximum absolute atomic E-state index is 13.2. The fraction of sp³-hybridized carbons (Fsp3) is 0.385. The summed E-state index contributed by atoms with van der Waals surface area (Å²) in [6.07, 6.45) is 0.704. The van der Waals surface area contributed by atoms with E-state index in [1.54, 1.807) is 23.1 Å². The Kier molecular flexibility index (Phi) is 8.22. The molecule has 1 saturated heterocycles. The number of benzene rings is 2. The lowest BCUT2D eigenvalue weighted by Crippen LogP contribution is -2.33. The van der Waals surface area contributed by atoms with Crippen LogP contribution >= 0.6 is 23.2 Å². The summed E-state index contributed by atoms with van der Waals surface area (Å²) in [6.45, 7) is 11.0. The van der Waals surface area contributed by atoms with E-state index in [0.29, 0.717) is 34.1 Å². The number of Topliss-reactive ketones (excluding diaryl/α,β-unsaturated/α-hetero) is 1. The molecule has 0 bridgehead atoms. The molecular weight excluding hydrogens is 459 g/mol. The Morgan fingerprint density at radius 2 is 1.73 bits per heavy atom. The van der Waals surface area contributed by atoms with E-state index in [9.17, 15) is 14.7 Å². The van der Waals surface area contributed by atoms with Gasteiger partial charge in [-0.2, -0.15) is 0 Å². The topological polar surface area (TPSA) is 60.9 Å². The molecule has 1 heterocycles. The molecule has 176 valence electrons. The molecular formula is C26H30Cl2N2O3. The van der Waals surface area contributed by atoms with Crippen molar-refractivity contribution < 1.29 is 14.7 Å². The molecule has 7 heteroatoms. The summed E-state index contributed by atoms with van der Waals surface area (Å²) < 4.78 is 0. The van der Waals surface area contributed by atoms with Gasteiger partial charge in [0.15, 0.2) is 0 Å². The Hall–Kier alpha value is -2.34. The van der Waals surface area contributed by atoms with Crippen LogP contribution in [0.25, 0.3) is 5.76 Å². The molecule has 1 fully saturated rings. The van der Waals surface area contributed by atoms with Crippen molar-refractivity contribution in [3.63, 3.8) is 0 Å². The van der Waals surface area contributed by atoms with Crippen molar-refractivity contribution in [3.05, 3.63) is 74.3 Å². The average molecular weight is 489 g/mol. The number of nitrogens with zero attached hydrogens (tertiary/aromatic N) is 2. The predicted octanol–water partition coefficient (Wildman–Crippen LogP) is 5.76. The number of rotatable bonds is 8. The Bertz CT molecular complexity index is 1090. The first-order valence-corrected chi connectivity index (χ1v) is 12.0. The van der Waals surface area contributed by atoms with Crippen LogP contribution in [-0.4, -0.2) is 52.8 Å². The monoisotopic (exact) mass is 488 g/mol. The molecule has 5 nitrogen and oxygen atoms in total. The van der Waals surface area contributed by atoms with Gasteiger partial charge in [-0.15, -0.1) is 0 Å². The normalized spacial score (nSPS) is 17.9. The maximum atomic E-state index is 13.2. The zero-order chi connectivity index (χ0) is 24.3. The minimum Gasteiger partial charge on any atom is -0.507 e. The summed E-state index contributed by atoms with van der Waals surface area (Å²) >= 11 is 12.4. The third-order valence-corrected chi connectivity index (χ3v) is 6.95. The second-order valence-corrected chi connectivity index (χ2v) is 9.18. The van der Waals surface area contributed by atoms with Gasteiger partial charge in [-0.05, 0) is 69.2 Å². The highest BCUT2D eigenvalue weighted by Gasteiger charge is 2.46. The van der Waals surface area contributed by atoms with Gasteiger partial charge in [-0.1, -0.05) is 60.8 Å². The number of likely N-dealkylation sites (tertiary alicyclic amines) is 1. The van der Waals surface area contributed by atoms with Crippen molar-refractivity contribution in [2.24, 2.45) is 0 Å². The number of aryl methyl sites for hydroxylation is 2. The van der Waals surface area contributed by atoms with Gasteiger partial charge in [-0.3, -0.25) is 9.59 Å².